The fraction of sp³-hybridized carbons (Fsp3) is 0.143. The molecule has 0 saturated heterocycles. The minimum atomic E-state index is 0.649. The van der Waals surface area contributed by atoms with Gasteiger partial charge in [-0.3, -0.25) is 4.68 Å². The molecule has 5 heteroatoms. The van der Waals surface area contributed by atoms with E-state index >= 15 is 0 Å². The quantitative estimate of drug-likeness (QED) is 0.554. The van der Waals surface area contributed by atoms with Crippen LogP contribution in [0, 0.1) is 6.92 Å². The molecule has 0 saturated carbocycles. The SMILES string of the molecule is Cc1ccnn1Cc1cc2ccccc2nc1NN. The first-order valence-corrected chi connectivity index (χ1v) is 6.11. The predicted molar refractivity (Wildman–Crippen MR) is 75.6 cm³/mol. The van der Waals surface area contributed by atoms with Crippen LogP contribution in [0.1, 0.15) is 11.3 Å². The van der Waals surface area contributed by atoms with Crippen LogP contribution in [0.4, 0.5) is 5.82 Å². The Kier molecular flexibility index (Phi) is 2.89. The minimum absolute atomic E-state index is 0.649. The summed E-state index contributed by atoms with van der Waals surface area (Å²) in [5, 5.41) is 5.39. The van der Waals surface area contributed by atoms with Gasteiger partial charge in [-0.1, -0.05) is 18.2 Å². The Bertz CT molecular complexity index is 717. The van der Waals surface area contributed by atoms with Crippen LogP contribution in [0.3, 0.4) is 0 Å². The number of nitrogens with two attached hydrogens (primary N) is 1. The van der Waals surface area contributed by atoms with Crippen LogP contribution in [0.15, 0.2) is 42.6 Å². The van der Waals surface area contributed by atoms with E-state index in [1.807, 2.05) is 41.9 Å². The van der Waals surface area contributed by atoms with E-state index in [0.29, 0.717) is 12.4 Å². The fourth-order valence-electron chi connectivity index (χ4n) is 2.13. The minimum Gasteiger partial charge on any atom is -0.308 e. The van der Waals surface area contributed by atoms with Crippen molar-refractivity contribution in [1.29, 1.82) is 0 Å². The van der Waals surface area contributed by atoms with E-state index in [0.717, 1.165) is 22.2 Å². The lowest BCUT2D eigenvalue weighted by molar-refractivity contribution is 0.665. The summed E-state index contributed by atoms with van der Waals surface area (Å²) in [5.41, 5.74) is 5.72. The van der Waals surface area contributed by atoms with E-state index in [-0.39, 0.29) is 0 Å². The first-order valence-electron chi connectivity index (χ1n) is 6.11. The summed E-state index contributed by atoms with van der Waals surface area (Å²) in [6.45, 7) is 2.67. The molecule has 0 bridgehead atoms. The molecule has 5 nitrogen and oxygen atoms in total. The van der Waals surface area contributed by atoms with Gasteiger partial charge < -0.3 is 5.43 Å². The number of hydrazine groups is 1. The summed E-state index contributed by atoms with van der Waals surface area (Å²) in [4.78, 5) is 4.53. The summed E-state index contributed by atoms with van der Waals surface area (Å²) < 4.78 is 1.92. The van der Waals surface area contributed by atoms with Gasteiger partial charge in [0.15, 0.2) is 0 Å². The Balaban J connectivity index is 2.09. The van der Waals surface area contributed by atoms with Crippen LogP contribution < -0.4 is 11.3 Å². The standard InChI is InChI=1S/C14H15N5/c1-10-6-7-16-19(10)9-12-8-11-4-2-3-5-13(11)17-14(12)18-15/h2-8H,9,15H2,1H3,(H,17,18). The number of fused-ring (bicyclic) bond motifs is 1. The van der Waals surface area contributed by atoms with Crippen LogP contribution in [-0.4, -0.2) is 14.8 Å². The monoisotopic (exact) mass is 253 g/mol. The zero-order valence-electron chi connectivity index (χ0n) is 10.7. The molecule has 3 N–H and O–H groups in total. The van der Waals surface area contributed by atoms with Crippen molar-refractivity contribution in [2.24, 2.45) is 5.84 Å². The average Bonchev–Trinajstić information content (AvgIpc) is 2.83. The lowest BCUT2D eigenvalue weighted by atomic mass is 10.1. The Hall–Kier alpha value is -2.40. The van der Waals surface area contributed by atoms with Crippen molar-refractivity contribution in [2.45, 2.75) is 13.5 Å². The van der Waals surface area contributed by atoms with E-state index in [2.05, 4.69) is 21.6 Å². The number of para-hydroxylation sites is 1. The molecule has 0 unspecified atom stereocenters. The number of hydrogen-bond acceptors (Lipinski definition) is 4. The Labute approximate surface area is 111 Å². The molecule has 0 radical (unpaired) electrons. The zero-order valence-corrected chi connectivity index (χ0v) is 10.7. The van der Waals surface area contributed by atoms with Gasteiger partial charge in [-0.25, -0.2) is 10.8 Å². The van der Waals surface area contributed by atoms with E-state index < -0.39 is 0 Å². The third-order valence-corrected chi connectivity index (χ3v) is 3.19. The lowest BCUT2D eigenvalue weighted by Gasteiger charge is -2.11. The Morgan fingerprint density at radius 2 is 2.11 bits per heavy atom. The molecule has 0 amide bonds. The highest BCUT2D eigenvalue weighted by atomic mass is 15.3. The van der Waals surface area contributed by atoms with Gasteiger partial charge in [0.1, 0.15) is 5.82 Å². The number of benzene rings is 1. The molecule has 2 aromatic heterocycles. The van der Waals surface area contributed by atoms with Gasteiger partial charge in [0.25, 0.3) is 0 Å². The summed E-state index contributed by atoms with van der Waals surface area (Å²) in [5.74, 6) is 6.26. The number of pyridine rings is 1. The molecule has 0 aliphatic rings. The van der Waals surface area contributed by atoms with Crippen LogP contribution >= 0.6 is 0 Å². The van der Waals surface area contributed by atoms with Gasteiger partial charge in [0.2, 0.25) is 0 Å². The molecular weight excluding hydrogens is 238 g/mol. The third-order valence-electron chi connectivity index (χ3n) is 3.19. The first-order chi connectivity index (χ1) is 9.28. The molecule has 0 atom stereocenters. The largest absolute Gasteiger partial charge is 0.308 e. The van der Waals surface area contributed by atoms with Crippen molar-refractivity contribution < 1.29 is 0 Å². The molecule has 0 aliphatic heterocycles. The van der Waals surface area contributed by atoms with Gasteiger partial charge >= 0.3 is 0 Å². The Morgan fingerprint density at radius 3 is 2.84 bits per heavy atom. The van der Waals surface area contributed by atoms with Crippen LogP contribution in [0.2, 0.25) is 0 Å². The van der Waals surface area contributed by atoms with Crippen molar-refractivity contribution in [3.8, 4) is 0 Å². The summed E-state index contributed by atoms with van der Waals surface area (Å²) in [6, 6.07) is 12.1. The zero-order chi connectivity index (χ0) is 13.2. The number of hydrogen-bond donors (Lipinski definition) is 2. The average molecular weight is 253 g/mol. The number of rotatable bonds is 3. The maximum atomic E-state index is 5.57. The molecule has 0 spiro atoms. The van der Waals surface area contributed by atoms with Gasteiger partial charge in [-0.15, -0.1) is 0 Å². The third kappa shape index (κ3) is 2.15. The van der Waals surface area contributed by atoms with Gasteiger partial charge in [-0.2, -0.15) is 5.10 Å². The second kappa shape index (κ2) is 4.70. The first kappa shape index (κ1) is 11.7. The summed E-state index contributed by atoms with van der Waals surface area (Å²) in [7, 11) is 0. The second-order valence-corrected chi connectivity index (χ2v) is 4.46. The second-order valence-electron chi connectivity index (χ2n) is 4.46. The molecule has 3 aromatic rings. The van der Waals surface area contributed by atoms with Gasteiger partial charge in [-0.05, 0) is 25.1 Å². The number of nitrogens with one attached hydrogen (secondary N) is 1. The highest BCUT2D eigenvalue weighted by Gasteiger charge is 2.08. The molecular formula is C14H15N5. The number of aromatic nitrogens is 3. The Morgan fingerprint density at radius 1 is 1.26 bits per heavy atom. The molecule has 0 fully saturated rings. The van der Waals surface area contributed by atoms with Crippen molar-refractivity contribution >= 4 is 16.7 Å². The van der Waals surface area contributed by atoms with Crippen LogP contribution in [0.5, 0.6) is 0 Å². The van der Waals surface area contributed by atoms with Gasteiger partial charge in [0.05, 0.1) is 12.1 Å². The smallest absolute Gasteiger partial charge is 0.145 e. The molecule has 1 aromatic carbocycles. The van der Waals surface area contributed by atoms with Crippen molar-refractivity contribution in [2.75, 3.05) is 5.43 Å². The summed E-state index contributed by atoms with van der Waals surface area (Å²) >= 11 is 0. The number of anilines is 1. The fourth-order valence-corrected chi connectivity index (χ4v) is 2.13. The lowest BCUT2D eigenvalue weighted by Crippen LogP contribution is -2.13. The molecule has 96 valence electrons. The van der Waals surface area contributed by atoms with Crippen LogP contribution in [0.25, 0.3) is 10.9 Å². The summed E-state index contributed by atoms with van der Waals surface area (Å²) in [6.07, 6.45) is 1.79. The van der Waals surface area contributed by atoms with Crippen molar-refractivity contribution in [3.05, 3.63) is 53.9 Å². The number of nitrogens with zero attached hydrogens (tertiary/aromatic N) is 3. The van der Waals surface area contributed by atoms with Gasteiger partial charge in [0, 0.05) is 22.8 Å². The number of nitrogen functional groups attached to an aromatic ring is 1. The molecule has 19 heavy (non-hydrogen) atoms. The molecule has 0 aliphatic carbocycles. The number of aryl methyl sites for hydroxylation is 1. The van der Waals surface area contributed by atoms with E-state index in [1.54, 1.807) is 6.20 Å². The predicted octanol–water partition coefficient (Wildman–Crippen LogP) is 2.07. The highest BCUT2D eigenvalue weighted by molar-refractivity contribution is 5.81. The van der Waals surface area contributed by atoms with Crippen molar-refractivity contribution in [1.82, 2.24) is 14.8 Å². The van der Waals surface area contributed by atoms with E-state index in [9.17, 15) is 0 Å². The maximum absolute atomic E-state index is 5.57. The maximum Gasteiger partial charge on any atom is 0.145 e. The molecule has 2 heterocycles. The van der Waals surface area contributed by atoms with Crippen LogP contribution in [-0.2, 0) is 6.54 Å². The van der Waals surface area contributed by atoms with E-state index in [1.165, 1.54) is 0 Å². The van der Waals surface area contributed by atoms with E-state index in [4.69, 9.17) is 5.84 Å². The topological polar surface area (TPSA) is 68.8 Å². The van der Waals surface area contributed by atoms with Crippen molar-refractivity contribution in [3.63, 3.8) is 0 Å². The molecule has 3 rings (SSSR count). The highest BCUT2D eigenvalue weighted by Crippen LogP contribution is 2.20. The normalized spacial score (nSPS) is 10.8.